The van der Waals surface area contributed by atoms with E-state index in [1.54, 1.807) is 0 Å². The highest BCUT2D eigenvalue weighted by atomic mass is 32.1. The maximum atomic E-state index is 5.48. The average Bonchev–Trinajstić information content (AvgIpc) is 3.18. The maximum Gasteiger partial charge on any atom is 0.231 e. The van der Waals surface area contributed by atoms with Gasteiger partial charge in [-0.1, -0.05) is 6.07 Å². The molecule has 0 amide bonds. The summed E-state index contributed by atoms with van der Waals surface area (Å²) in [5.41, 5.74) is 4.28. The zero-order valence-corrected chi connectivity index (χ0v) is 15.2. The van der Waals surface area contributed by atoms with Crippen molar-refractivity contribution in [1.82, 2.24) is 9.80 Å². The van der Waals surface area contributed by atoms with Gasteiger partial charge in [-0.2, -0.15) is 0 Å². The molecule has 0 bridgehead atoms. The van der Waals surface area contributed by atoms with Crippen LogP contribution in [0.5, 0.6) is 11.5 Å². The van der Waals surface area contributed by atoms with E-state index in [0.29, 0.717) is 6.79 Å². The van der Waals surface area contributed by atoms with Crippen LogP contribution in [0.3, 0.4) is 0 Å². The molecule has 0 unspecified atom stereocenters. The van der Waals surface area contributed by atoms with Gasteiger partial charge in [0.1, 0.15) is 0 Å². The summed E-state index contributed by atoms with van der Waals surface area (Å²) < 4.78 is 10.9. The van der Waals surface area contributed by atoms with Crippen LogP contribution in [0.4, 0.5) is 0 Å². The fourth-order valence-corrected chi connectivity index (χ4v) is 4.24. The molecule has 0 N–H and O–H groups in total. The van der Waals surface area contributed by atoms with E-state index >= 15 is 0 Å². The van der Waals surface area contributed by atoms with Crippen LogP contribution in [0.2, 0.25) is 0 Å². The first-order valence-electron chi connectivity index (χ1n) is 8.56. The molecular formula is C19H24N2O2S. The second-order valence-corrected chi connectivity index (χ2v) is 7.77. The molecule has 4 rings (SSSR count). The molecule has 24 heavy (non-hydrogen) atoms. The molecule has 128 valence electrons. The lowest BCUT2D eigenvalue weighted by Crippen LogP contribution is -2.45. The monoisotopic (exact) mass is 344 g/mol. The quantitative estimate of drug-likeness (QED) is 0.849. The van der Waals surface area contributed by atoms with Crippen LogP contribution in [0, 0.1) is 13.8 Å². The van der Waals surface area contributed by atoms with Gasteiger partial charge >= 0.3 is 0 Å². The molecular weight excluding hydrogens is 320 g/mol. The third-order valence-electron chi connectivity index (χ3n) is 5.09. The van der Waals surface area contributed by atoms with Crippen LogP contribution >= 0.6 is 11.3 Å². The Balaban J connectivity index is 1.31. The molecule has 0 atom stereocenters. The average molecular weight is 344 g/mol. The van der Waals surface area contributed by atoms with E-state index in [1.807, 2.05) is 17.4 Å². The van der Waals surface area contributed by atoms with Crippen molar-refractivity contribution in [2.75, 3.05) is 33.0 Å². The van der Waals surface area contributed by atoms with E-state index in [2.05, 4.69) is 41.2 Å². The maximum absolute atomic E-state index is 5.48. The van der Waals surface area contributed by atoms with Crippen molar-refractivity contribution in [2.24, 2.45) is 0 Å². The van der Waals surface area contributed by atoms with Gasteiger partial charge in [-0.3, -0.25) is 9.80 Å². The van der Waals surface area contributed by atoms with E-state index in [9.17, 15) is 0 Å². The predicted octanol–water partition coefficient (Wildman–Crippen LogP) is 3.41. The molecule has 0 radical (unpaired) electrons. The van der Waals surface area contributed by atoms with Gasteiger partial charge in [0.25, 0.3) is 0 Å². The highest BCUT2D eigenvalue weighted by molar-refractivity contribution is 7.10. The van der Waals surface area contributed by atoms with Crippen molar-refractivity contribution >= 4 is 11.3 Å². The molecule has 1 aromatic carbocycles. The summed E-state index contributed by atoms with van der Waals surface area (Å²) in [5, 5.41) is 2.32. The fourth-order valence-electron chi connectivity index (χ4n) is 3.36. The van der Waals surface area contributed by atoms with Crippen molar-refractivity contribution < 1.29 is 9.47 Å². The smallest absolute Gasteiger partial charge is 0.231 e. The molecule has 0 saturated carbocycles. The number of thiophene rings is 1. The number of piperazine rings is 1. The number of rotatable bonds is 4. The number of nitrogens with zero attached hydrogens (tertiary/aromatic N) is 2. The van der Waals surface area contributed by atoms with Crippen LogP contribution in [-0.4, -0.2) is 42.8 Å². The first kappa shape index (κ1) is 15.9. The number of aryl methyl sites for hydroxylation is 1. The normalized spacial score (nSPS) is 18.2. The molecule has 2 aliphatic heterocycles. The Kier molecular flexibility index (Phi) is 4.48. The zero-order chi connectivity index (χ0) is 16.5. The molecule has 3 heterocycles. The van der Waals surface area contributed by atoms with Crippen LogP contribution in [-0.2, 0) is 13.1 Å². The second kappa shape index (κ2) is 6.75. The summed E-state index contributed by atoms with van der Waals surface area (Å²) in [6, 6.07) is 6.29. The number of benzene rings is 1. The number of hydrogen-bond donors (Lipinski definition) is 0. The van der Waals surface area contributed by atoms with E-state index in [4.69, 9.17) is 9.47 Å². The fraction of sp³-hybridized carbons (Fsp3) is 0.474. The Bertz CT molecular complexity index is 720. The summed E-state index contributed by atoms with van der Waals surface area (Å²) in [6.07, 6.45) is 0. The Labute approximate surface area is 147 Å². The van der Waals surface area contributed by atoms with E-state index in [-0.39, 0.29) is 0 Å². The topological polar surface area (TPSA) is 24.9 Å². The summed E-state index contributed by atoms with van der Waals surface area (Å²) in [5.74, 6) is 1.75. The predicted molar refractivity (Wildman–Crippen MR) is 96.9 cm³/mol. The van der Waals surface area contributed by atoms with Gasteiger partial charge in [0, 0.05) is 44.1 Å². The van der Waals surface area contributed by atoms with Crippen molar-refractivity contribution in [3.05, 3.63) is 45.1 Å². The van der Waals surface area contributed by atoms with Gasteiger partial charge < -0.3 is 9.47 Å². The number of fused-ring (bicyclic) bond motifs is 1. The Morgan fingerprint density at radius 3 is 2.38 bits per heavy atom. The zero-order valence-electron chi connectivity index (χ0n) is 14.4. The molecule has 1 saturated heterocycles. The van der Waals surface area contributed by atoms with Crippen molar-refractivity contribution in [2.45, 2.75) is 26.9 Å². The van der Waals surface area contributed by atoms with Crippen molar-refractivity contribution in [3.8, 4) is 11.5 Å². The number of hydrogen-bond acceptors (Lipinski definition) is 5. The molecule has 2 aliphatic rings. The van der Waals surface area contributed by atoms with Gasteiger partial charge in [-0.25, -0.2) is 0 Å². The lowest BCUT2D eigenvalue weighted by atomic mass is 10.1. The molecule has 4 nitrogen and oxygen atoms in total. The van der Waals surface area contributed by atoms with Crippen molar-refractivity contribution in [3.63, 3.8) is 0 Å². The SMILES string of the molecule is Cc1scc(CN2CCN(Cc3ccc4c(c3)OCO4)CC2)c1C. The highest BCUT2D eigenvalue weighted by Gasteiger charge is 2.19. The first-order valence-corrected chi connectivity index (χ1v) is 9.44. The van der Waals surface area contributed by atoms with Crippen LogP contribution < -0.4 is 9.47 Å². The van der Waals surface area contributed by atoms with E-state index in [0.717, 1.165) is 50.8 Å². The third kappa shape index (κ3) is 3.29. The molecule has 1 aromatic heterocycles. The summed E-state index contributed by atoms with van der Waals surface area (Å²) in [6.45, 7) is 11.4. The minimum Gasteiger partial charge on any atom is -0.454 e. The molecule has 1 fully saturated rings. The third-order valence-corrected chi connectivity index (χ3v) is 6.15. The van der Waals surface area contributed by atoms with Gasteiger partial charge in [0.05, 0.1) is 0 Å². The van der Waals surface area contributed by atoms with E-state index in [1.165, 1.54) is 21.6 Å². The van der Waals surface area contributed by atoms with E-state index < -0.39 is 0 Å². The second-order valence-electron chi connectivity index (χ2n) is 6.68. The van der Waals surface area contributed by atoms with Gasteiger partial charge in [0.2, 0.25) is 6.79 Å². The van der Waals surface area contributed by atoms with Gasteiger partial charge in [0.15, 0.2) is 11.5 Å². The van der Waals surface area contributed by atoms with Gasteiger partial charge in [-0.15, -0.1) is 11.3 Å². The summed E-state index contributed by atoms with van der Waals surface area (Å²) in [7, 11) is 0. The van der Waals surface area contributed by atoms with Crippen LogP contribution in [0.25, 0.3) is 0 Å². The minimum atomic E-state index is 0.346. The standard InChI is InChI=1S/C19H24N2O2S/c1-14-15(2)24-12-17(14)11-21-7-5-20(6-8-21)10-16-3-4-18-19(9-16)23-13-22-18/h3-4,9,12H,5-8,10-11,13H2,1-2H3. The largest absolute Gasteiger partial charge is 0.454 e. The molecule has 0 spiro atoms. The summed E-state index contributed by atoms with van der Waals surface area (Å²) in [4.78, 5) is 6.55. The lowest BCUT2D eigenvalue weighted by molar-refractivity contribution is 0.122. The van der Waals surface area contributed by atoms with Crippen LogP contribution in [0.1, 0.15) is 21.6 Å². The lowest BCUT2D eigenvalue weighted by Gasteiger charge is -2.34. The first-order chi connectivity index (χ1) is 11.7. The Hall–Kier alpha value is -1.56. The number of ether oxygens (including phenoxy) is 2. The molecule has 5 heteroatoms. The van der Waals surface area contributed by atoms with Crippen molar-refractivity contribution in [1.29, 1.82) is 0 Å². The Morgan fingerprint density at radius 2 is 1.67 bits per heavy atom. The Morgan fingerprint density at radius 1 is 0.958 bits per heavy atom. The highest BCUT2D eigenvalue weighted by Crippen LogP contribution is 2.33. The molecule has 2 aromatic rings. The van der Waals surface area contributed by atoms with Crippen LogP contribution in [0.15, 0.2) is 23.6 Å². The summed E-state index contributed by atoms with van der Waals surface area (Å²) >= 11 is 1.87. The molecule has 0 aliphatic carbocycles. The minimum absolute atomic E-state index is 0.346. The van der Waals surface area contributed by atoms with Gasteiger partial charge in [-0.05, 0) is 48.1 Å².